The quantitative estimate of drug-likeness (QED) is 0.516. The number of ketones is 1. The van der Waals surface area contributed by atoms with Gasteiger partial charge in [0.05, 0.1) is 17.4 Å². The molecule has 1 aliphatic rings. The maximum absolute atomic E-state index is 13.5. The number of sulfonamides is 1. The van der Waals surface area contributed by atoms with Crippen LogP contribution in [-0.4, -0.2) is 43.6 Å². The summed E-state index contributed by atoms with van der Waals surface area (Å²) in [5.74, 6) is -0.547. The Kier molecular flexibility index (Phi) is 8.87. The van der Waals surface area contributed by atoms with Gasteiger partial charge in [-0.15, -0.1) is 0 Å². The van der Waals surface area contributed by atoms with Gasteiger partial charge < -0.3 is 10.6 Å². The summed E-state index contributed by atoms with van der Waals surface area (Å²) >= 11 is 6.10. The second kappa shape index (κ2) is 11.4. The second-order valence-electron chi connectivity index (χ2n) is 8.90. The minimum absolute atomic E-state index is 0.0642. The summed E-state index contributed by atoms with van der Waals surface area (Å²) in [7, 11) is -3.90. The first-order valence-corrected chi connectivity index (χ1v) is 13.2. The first-order chi connectivity index (χ1) is 16.1. The average Bonchev–Trinajstić information content (AvgIpc) is 3.28. The van der Waals surface area contributed by atoms with Crippen molar-refractivity contribution in [3.8, 4) is 0 Å². The Morgan fingerprint density at radius 3 is 2.56 bits per heavy atom. The maximum Gasteiger partial charge on any atom is 0.241 e. The van der Waals surface area contributed by atoms with Crippen LogP contribution in [0.15, 0.2) is 53.4 Å². The summed E-state index contributed by atoms with van der Waals surface area (Å²) in [5.41, 5.74) is 7.20. The Hall–Kier alpha value is -2.26. The molecule has 3 N–H and O–H groups in total. The summed E-state index contributed by atoms with van der Waals surface area (Å²) < 4.78 is 28.4. The maximum atomic E-state index is 13.5. The Labute approximate surface area is 206 Å². The number of amides is 1. The van der Waals surface area contributed by atoms with Gasteiger partial charge in [-0.1, -0.05) is 49.7 Å². The summed E-state index contributed by atoms with van der Waals surface area (Å²) in [4.78, 5) is 28.3. The molecule has 1 radical (unpaired) electrons. The molecule has 183 valence electrons. The van der Waals surface area contributed by atoms with Gasteiger partial charge in [0, 0.05) is 18.1 Å². The van der Waals surface area contributed by atoms with Crippen molar-refractivity contribution >= 4 is 33.3 Å². The highest BCUT2D eigenvalue weighted by Gasteiger charge is 2.38. The highest BCUT2D eigenvalue weighted by molar-refractivity contribution is 7.89. The van der Waals surface area contributed by atoms with Gasteiger partial charge >= 0.3 is 0 Å². The van der Waals surface area contributed by atoms with Crippen molar-refractivity contribution in [2.24, 2.45) is 11.7 Å². The highest BCUT2D eigenvalue weighted by atomic mass is 35.5. The molecule has 2 aromatic carbocycles. The Morgan fingerprint density at radius 2 is 1.91 bits per heavy atom. The van der Waals surface area contributed by atoms with Gasteiger partial charge in [0.15, 0.2) is 5.78 Å². The molecule has 0 aromatic heterocycles. The number of rotatable bonds is 10. The lowest BCUT2D eigenvalue weighted by molar-refractivity contribution is -0.138. The van der Waals surface area contributed by atoms with E-state index in [0.717, 1.165) is 5.56 Å². The molecule has 0 spiro atoms. The minimum Gasteiger partial charge on any atom is -0.331 e. The topological polar surface area (TPSA) is 110 Å². The van der Waals surface area contributed by atoms with Gasteiger partial charge in [-0.3, -0.25) is 9.59 Å². The van der Waals surface area contributed by atoms with Crippen LogP contribution in [0.3, 0.4) is 0 Å². The van der Waals surface area contributed by atoms with Crippen molar-refractivity contribution in [2.45, 2.75) is 56.6 Å². The molecule has 1 fully saturated rings. The smallest absolute Gasteiger partial charge is 0.241 e. The van der Waals surface area contributed by atoms with Gasteiger partial charge in [0.2, 0.25) is 15.9 Å². The van der Waals surface area contributed by atoms with E-state index in [9.17, 15) is 18.0 Å². The van der Waals surface area contributed by atoms with E-state index in [4.69, 9.17) is 17.3 Å². The van der Waals surface area contributed by atoms with E-state index in [-0.39, 0.29) is 29.0 Å². The third-order valence-electron chi connectivity index (χ3n) is 5.85. The van der Waals surface area contributed by atoms with E-state index in [1.54, 1.807) is 36.4 Å². The number of Topliss-reactive ketones (excluding diaryl/α,β-unsaturated/α-hetero) is 1. The van der Waals surface area contributed by atoms with Crippen molar-refractivity contribution in [3.63, 3.8) is 0 Å². The number of nitrogens with one attached hydrogen (secondary N) is 1. The summed E-state index contributed by atoms with van der Waals surface area (Å²) in [6, 6.07) is 11.5. The van der Waals surface area contributed by atoms with Crippen LogP contribution in [-0.2, 0) is 26.2 Å². The third-order valence-corrected chi connectivity index (χ3v) is 7.57. The SMILES string of the molecule is CC(C)C[C@@H](NS(=O)(=O)c1ccccc1)C(=O)N1CCC[C@H]1C(=O)[CH]c1cc(Cl)ccc1CN. The number of benzene rings is 2. The van der Waals surface area contributed by atoms with Gasteiger partial charge in [-0.05, 0) is 60.6 Å². The average molecular weight is 505 g/mol. The fourth-order valence-corrected chi connectivity index (χ4v) is 5.59. The molecule has 0 unspecified atom stereocenters. The molecule has 1 saturated heterocycles. The van der Waals surface area contributed by atoms with Crippen LogP contribution in [0.1, 0.15) is 44.2 Å². The van der Waals surface area contributed by atoms with Crippen molar-refractivity contribution in [1.82, 2.24) is 9.62 Å². The predicted molar refractivity (Wildman–Crippen MR) is 132 cm³/mol. The lowest BCUT2D eigenvalue weighted by Crippen LogP contribution is -2.52. The molecule has 2 aromatic rings. The number of likely N-dealkylation sites (tertiary alicyclic amines) is 1. The van der Waals surface area contributed by atoms with Crippen LogP contribution in [0.2, 0.25) is 5.02 Å². The van der Waals surface area contributed by atoms with E-state index >= 15 is 0 Å². The van der Waals surface area contributed by atoms with Crippen molar-refractivity contribution in [3.05, 3.63) is 71.1 Å². The van der Waals surface area contributed by atoms with Crippen LogP contribution in [0.4, 0.5) is 0 Å². The molecule has 0 bridgehead atoms. The first kappa shape index (κ1) is 26.3. The number of hydrogen-bond donors (Lipinski definition) is 2. The molecule has 34 heavy (non-hydrogen) atoms. The van der Waals surface area contributed by atoms with Gasteiger partial charge in [-0.2, -0.15) is 4.72 Å². The molecule has 3 rings (SSSR count). The monoisotopic (exact) mass is 504 g/mol. The number of carbonyl (C=O) groups is 2. The normalized spacial score (nSPS) is 17.2. The molecular weight excluding hydrogens is 474 g/mol. The number of halogens is 1. The van der Waals surface area contributed by atoms with Crippen LogP contribution in [0, 0.1) is 12.3 Å². The zero-order valence-electron chi connectivity index (χ0n) is 19.4. The largest absolute Gasteiger partial charge is 0.331 e. The predicted octanol–water partition coefficient (Wildman–Crippen LogP) is 3.30. The molecule has 7 nitrogen and oxygen atoms in total. The molecule has 2 atom stereocenters. The number of hydrogen-bond acceptors (Lipinski definition) is 5. The summed E-state index contributed by atoms with van der Waals surface area (Å²) in [6.07, 6.45) is 2.97. The lowest BCUT2D eigenvalue weighted by Gasteiger charge is -2.29. The van der Waals surface area contributed by atoms with Gasteiger partial charge in [-0.25, -0.2) is 8.42 Å². The Balaban J connectivity index is 1.80. The van der Waals surface area contributed by atoms with Crippen molar-refractivity contribution in [2.75, 3.05) is 6.54 Å². The van der Waals surface area contributed by atoms with Crippen LogP contribution in [0.25, 0.3) is 0 Å². The lowest BCUT2D eigenvalue weighted by atomic mass is 9.97. The zero-order valence-corrected chi connectivity index (χ0v) is 21.0. The van der Waals surface area contributed by atoms with Crippen molar-refractivity contribution in [1.29, 1.82) is 0 Å². The van der Waals surface area contributed by atoms with Crippen LogP contribution >= 0.6 is 11.6 Å². The Morgan fingerprint density at radius 1 is 1.21 bits per heavy atom. The van der Waals surface area contributed by atoms with E-state index in [2.05, 4.69) is 4.72 Å². The fraction of sp³-hybridized carbons (Fsp3) is 0.400. The summed E-state index contributed by atoms with van der Waals surface area (Å²) in [5, 5.41) is 0.489. The number of nitrogens with two attached hydrogens (primary N) is 1. The Bertz CT molecular complexity index is 1120. The minimum atomic E-state index is -3.90. The molecule has 1 heterocycles. The number of nitrogens with zero attached hydrogens (tertiary/aromatic N) is 1. The van der Waals surface area contributed by atoms with E-state index in [1.165, 1.54) is 23.5 Å². The molecule has 1 amide bonds. The molecule has 0 aliphatic carbocycles. The molecule has 9 heteroatoms. The van der Waals surface area contributed by atoms with Crippen LogP contribution < -0.4 is 10.5 Å². The van der Waals surface area contributed by atoms with E-state index in [1.807, 2.05) is 13.8 Å². The number of carbonyl (C=O) groups excluding carboxylic acids is 2. The molecule has 0 saturated carbocycles. The third kappa shape index (κ3) is 6.44. The van der Waals surface area contributed by atoms with Gasteiger partial charge in [0.25, 0.3) is 0 Å². The zero-order chi connectivity index (χ0) is 24.9. The van der Waals surface area contributed by atoms with Crippen LogP contribution in [0.5, 0.6) is 0 Å². The summed E-state index contributed by atoms with van der Waals surface area (Å²) in [6.45, 7) is 4.49. The molecular formula is C25H31ClN3O4S. The van der Waals surface area contributed by atoms with E-state index < -0.39 is 22.1 Å². The molecule has 1 aliphatic heterocycles. The standard InChI is InChI=1S/C25H31ClN3O4S/c1-17(2)13-22(28-34(32,33)21-7-4-3-5-8-21)25(31)29-12-6-9-23(29)24(30)15-19-14-20(26)11-10-18(19)16-27/h3-5,7-8,10-11,14-15,17,22-23,28H,6,9,12-13,16,27H2,1-2H3/t22-,23+/m1/s1. The van der Waals surface area contributed by atoms with Crippen molar-refractivity contribution < 1.29 is 18.0 Å². The van der Waals surface area contributed by atoms with Gasteiger partial charge in [0.1, 0.15) is 6.04 Å². The van der Waals surface area contributed by atoms with E-state index in [0.29, 0.717) is 36.4 Å². The second-order valence-corrected chi connectivity index (χ2v) is 11.1. The fourth-order valence-electron chi connectivity index (χ4n) is 4.19. The highest BCUT2D eigenvalue weighted by Crippen LogP contribution is 2.25. The first-order valence-electron chi connectivity index (χ1n) is 11.4.